The van der Waals surface area contributed by atoms with Crippen molar-refractivity contribution >= 4 is 18.6 Å². The topological polar surface area (TPSA) is 29.5 Å². The van der Waals surface area contributed by atoms with Gasteiger partial charge in [0, 0.05) is 12.1 Å². The van der Waals surface area contributed by atoms with Gasteiger partial charge in [-0.15, -0.1) is 0 Å². The van der Waals surface area contributed by atoms with Crippen LogP contribution in [0, 0.1) is 0 Å². The van der Waals surface area contributed by atoms with Crippen molar-refractivity contribution in [3.63, 3.8) is 0 Å². The van der Waals surface area contributed by atoms with Crippen molar-refractivity contribution < 1.29 is 9.53 Å². The molecule has 2 unspecified atom stereocenters. The van der Waals surface area contributed by atoms with Crippen molar-refractivity contribution in [3.05, 3.63) is 0 Å². The van der Waals surface area contributed by atoms with Crippen LogP contribution in [0.5, 0.6) is 0 Å². The minimum atomic E-state index is -0.178. The van der Waals surface area contributed by atoms with E-state index in [9.17, 15) is 4.79 Å². The van der Waals surface area contributed by atoms with Gasteiger partial charge in [-0.1, -0.05) is 0 Å². The number of ether oxygens (including phenoxy) is 1. The molecular weight excluding hydrogens is 198 g/mol. The van der Waals surface area contributed by atoms with Crippen molar-refractivity contribution in [1.29, 1.82) is 0 Å². The summed E-state index contributed by atoms with van der Waals surface area (Å²) in [5, 5.41) is 0. The second kappa shape index (κ2) is 4.11. The number of carbonyl (C=O) groups is 1. The molecule has 0 aromatic carbocycles. The molecule has 0 N–H and O–H groups in total. The third-order valence-electron chi connectivity index (χ3n) is 3.48. The summed E-state index contributed by atoms with van der Waals surface area (Å²) in [6.45, 7) is 0. The fraction of sp³-hybridized carbons (Fsp3) is 0.900. The lowest BCUT2D eigenvalue weighted by atomic mass is 10.0. The molecule has 0 radical (unpaired) electrons. The van der Waals surface area contributed by atoms with Crippen molar-refractivity contribution in [2.45, 2.75) is 43.9 Å². The number of rotatable bonds is 2. The highest BCUT2D eigenvalue weighted by Crippen LogP contribution is 2.35. The highest BCUT2D eigenvalue weighted by Gasteiger charge is 2.39. The average Bonchev–Trinajstić information content (AvgIpc) is 2.42. The molecule has 2 aliphatic heterocycles. The number of carbonyl (C=O) groups excluding carboxylic acids is 1. The molecule has 0 saturated carbocycles. The van der Waals surface area contributed by atoms with E-state index in [1.165, 1.54) is 12.8 Å². The van der Waals surface area contributed by atoms with E-state index in [1.54, 1.807) is 0 Å². The van der Waals surface area contributed by atoms with E-state index < -0.39 is 0 Å². The van der Waals surface area contributed by atoms with Crippen LogP contribution in [0.4, 0.5) is 0 Å². The van der Waals surface area contributed by atoms with Gasteiger partial charge in [-0.05, 0) is 32.7 Å². The predicted molar refractivity (Wildman–Crippen MR) is 57.5 cm³/mol. The van der Waals surface area contributed by atoms with E-state index in [4.69, 9.17) is 4.74 Å². The third kappa shape index (κ3) is 1.91. The van der Waals surface area contributed by atoms with Gasteiger partial charge in [-0.25, -0.2) is 0 Å². The molecule has 3 nitrogen and oxygen atoms in total. The summed E-state index contributed by atoms with van der Waals surface area (Å²) in [4.78, 5) is 13.5. The first-order chi connectivity index (χ1) is 6.70. The average molecular weight is 215 g/mol. The zero-order valence-electron chi connectivity index (χ0n) is 8.48. The van der Waals surface area contributed by atoms with Gasteiger partial charge < -0.3 is 9.64 Å². The van der Waals surface area contributed by atoms with Crippen molar-refractivity contribution in [2.75, 3.05) is 12.8 Å². The van der Waals surface area contributed by atoms with Crippen molar-refractivity contribution in [1.82, 2.24) is 4.90 Å². The van der Waals surface area contributed by atoms with Gasteiger partial charge in [0.15, 0.2) is 0 Å². The fourth-order valence-electron chi connectivity index (χ4n) is 2.68. The maximum atomic E-state index is 11.1. The molecule has 0 aromatic heterocycles. The Hall–Kier alpha value is -0.220. The van der Waals surface area contributed by atoms with Crippen LogP contribution in [0.25, 0.3) is 0 Å². The minimum absolute atomic E-state index is 0.142. The molecule has 0 spiro atoms. The van der Waals surface area contributed by atoms with Gasteiger partial charge in [-0.2, -0.15) is 12.6 Å². The minimum Gasteiger partial charge on any atom is -0.462 e. The molecule has 2 heterocycles. The van der Waals surface area contributed by atoms with E-state index in [1.807, 2.05) is 0 Å². The van der Waals surface area contributed by atoms with Gasteiger partial charge in [-0.3, -0.25) is 4.79 Å². The zero-order valence-corrected chi connectivity index (χ0v) is 9.37. The number of hydrogen-bond donors (Lipinski definition) is 1. The van der Waals surface area contributed by atoms with Crippen LogP contribution in [0.2, 0.25) is 0 Å². The maximum absolute atomic E-state index is 11.1. The quantitative estimate of drug-likeness (QED) is 0.552. The Labute approximate surface area is 90.2 Å². The fourth-order valence-corrected chi connectivity index (χ4v) is 2.76. The second-order valence-corrected chi connectivity index (χ2v) is 4.61. The summed E-state index contributed by atoms with van der Waals surface area (Å²) in [5.74, 6) is 0.0177. The van der Waals surface area contributed by atoms with Crippen LogP contribution in [0.3, 0.4) is 0 Å². The molecule has 2 rings (SSSR count). The smallest absolute Gasteiger partial charge is 0.315 e. The Morgan fingerprint density at radius 1 is 1.43 bits per heavy atom. The number of esters is 1. The molecule has 0 amide bonds. The SMILES string of the molecule is CN1C2CCC1CC(OC(=O)CS)C2. The molecule has 14 heavy (non-hydrogen) atoms. The summed E-state index contributed by atoms with van der Waals surface area (Å²) in [7, 11) is 2.18. The van der Waals surface area contributed by atoms with E-state index >= 15 is 0 Å². The summed E-state index contributed by atoms with van der Waals surface area (Å²) in [6, 6.07) is 1.26. The first-order valence-electron chi connectivity index (χ1n) is 5.23. The number of fused-ring (bicyclic) bond motifs is 2. The number of thiol groups is 1. The molecule has 4 heteroatoms. The molecular formula is C10H17NO2S. The predicted octanol–water partition coefficient (Wildman–Crippen LogP) is 1.08. The molecule has 2 atom stereocenters. The summed E-state index contributed by atoms with van der Waals surface area (Å²) in [5.41, 5.74) is 0. The number of hydrogen-bond acceptors (Lipinski definition) is 4. The molecule has 80 valence electrons. The lowest BCUT2D eigenvalue weighted by Crippen LogP contribution is -2.43. The van der Waals surface area contributed by atoms with E-state index in [-0.39, 0.29) is 17.8 Å². The Balaban J connectivity index is 1.90. The van der Waals surface area contributed by atoms with Crippen molar-refractivity contribution in [3.8, 4) is 0 Å². The van der Waals surface area contributed by atoms with Crippen LogP contribution in [-0.4, -0.2) is 41.9 Å². The van der Waals surface area contributed by atoms with Gasteiger partial charge in [0.1, 0.15) is 6.10 Å². The third-order valence-corrected chi connectivity index (χ3v) is 3.74. The van der Waals surface area contributed by atoms with Crippen LogP contribution < -0.4 is 0 Å². The monoisotopic (exact) mass is 215 g/mol. The largest absolute Gasteiger partial charge is 0.462 e. The summed E-state index contributed by atoms with van der Waals surface area (Å²) in [6.07, 6.45) is 4.67. The summed E-state index contributed by atoms with van der Waals surface area (Å²) < 4.78 is 5.33. The normalized spacial score (nSPS) is 37.1. The Bertz CT molecular complexity index is 220. The first-order valence-corrected chi connectivity index (χ1v) is 5.86. The summed E-state index contributed by atoms with van der Waals surface area (Å²) >= 11 is 3.91. The molecule has 0 aliphatic carbocycles. The highest BCUT2D eigenvalue weighted by molar-refractivity contribution is 7.81. The first kappa shape index (κ1) is 10.3. The number of piperidine rings is 1. The van der Waals surface area contributed by atoms with Gasteiger partial charge >= 0.3 is 5.97 Å². The van der Waals surface area contributed by atoms with Gasteiger partial charge in [0.25, 0.3) is 0 Å². The zero-order chi connectivity index (χ0) is 10.1. The van der Waals surface area contributed by atoms with Crippen LogP contribution >= 0.6 is 12.6 Å². The molecule has 2 aliphatic rings. The molecule has 0 aromatic rings. The van der Waals surface area contributed by atoms with E-state index in [0.717, 1.165) is 12.8 Å². The number of nitrogens with zero attached hydrogens (tertiary/aromatic N) is 1. The van der Waals surface area contributed by atoms with Gasteiger partial charge in [0.05, 0.1) is 5.75 Å². The van der Waals surface area contributed by atoms with Crippen LogP contribution in [0.1, 0.15) is 25.7 Å². The van der Waals surface area contributed by atoms with Gasteiger partial charge in [0.2, 0.25) is 0 Å². The second-order valence-electron chi connectivity index (χ2n) is 4.29. The molecule has 2 bridgehead atoms. The molecule has 2 fully saturated rings. The van der Waals surface area contributed by atoms with E-state index in [2.05, 4.69) is 24.6 Å². The Morgan fingerprint density at radius 3 is 2.50 bits per heavy atom. The Kier molecular flexibility index (Phi) is 3.02. The van der Waals surface area contributed by atoms with Crippen LogP contribution in [-0.2, 0) is 9.53 Å². The van der Waals surface area contributed by atoms with Crippen molar-refractivity contribution in [2.24, 2.45) is 0 Å². The lowest BCUT2D eigenvalue weighted by molar-refractivity contribution is -0.148. The van der Waals surface area contributed by atoms with E-state index in [0.29, 0.717) is 12.1 Å². The Morgan fingerprint density at radius 2 is 2.00 bits per heavy atom. The van der Waals surface area contributed by atoms with Crippen LogP contribution in [0.15, 0.2) is 0 Å². The maximum Gasteiger partial charge on any atom is 0.315 e. The lowest BCUT2D eigenvalue weighted by Gasteiger charge is -2.35. The standard InChI is InChI=1S/C10H17NO2S/c1-11-7-2-3-8(11)5-9(4-7)13-10(12)6-14/h7-9,14H,2-6H2,1H3. The molecule has 2 saturated heterocycles. The highest BCUT2D eigenvalue weighted by atomic mass is 32.1.